The predicted octanol–water partition coefficient (Wildman–Crippen LogP) is 0.129. The van der Waals surface area contributed by atoms with Gasteiger partial charge in [0.05, 0.1) is 5.41 Å². The van der Waals surface area contributed by atoms with Gasteiger partial charge in [-0.05, 0) is 25.3 Å². The van der Waals surface area contributed by atoms with E-state index in [1.54, 1.807) is 4.90 Å². The molecule has 2 saturated heterocycles. The number of carbonyl (C=O) groups is 2. The molecule has 3 rings (SSSR count). The summed E-state index contributed by atoms with van der Waals surface area (Å²) in [7, 11) is 2.08. The fourth-order valence-corrected chi connectivity index (χ4v) is 4.03. The zero-order valence-electron chi connectivity index (χ0n) is 13.4. The summed E-state index contributed by atoms with van der Waals surface area (Å²) in [5.41, 5.74) is 2.19. The highest BCUT2D eigenvalue weighted by Gasteiger charge is 2.54. The van der Waals surface area contributed by atoms with Gasteiger partial charge < -0.3 is 9.80 Å². The molecule has 1 aromatic carbocycles. The molecule has 22 heavy (non-hydrogen) atoms. The van der Waals surface area contributed by atoms with Gasteiger partial charge in [-0.2, -0.15) is 0 Å². The van der Waals surface area contributed by atoms with Crippen molar-refractivity contribution >= 4 is 25.6 Å². The molecule has 0 bridgehead atoms. The molecule has 2 amide bonds. The molecule has 1 atom stereocenters. The Labute approximate surface area is 132 Å². The van der Waals surface area contributed by atoms with E-state index in [0.717, 1.165) is 32.3 Å². The van der Waals surface area contributed by atoms with E-state index in [1.807, 2.05) is 11.8 Å². The van der Waals surface area contributed by atoms with Gasteiger partial charge >= 0.3 is 0 Å². The Morgan fingerprint density at radius 1 is 1.27 bits per heavy atom. The van der Waals surface area contributed by atoms with Crippen LogP contribution in [0.15, 0.2) is 24.3 Å². The third-order valence-corrected chi connectivity index (χ3v) is 5.48. The maximum absolute atomic E-state index is 13.0. The lowest BCUT2D eigenvalue weighted by Crippen LogP contribution is -2.46. The lowest BCUT2D eigenvalue weighted by Gasteiger charge is -2.40. The van der Waals surface area contributed by atoms with E-state index in [-0.39, 0.29) is 17.2 Å². The Bertz CT molecular complexity index is 565. The topological polar surface area (TPSA) is 40.6 Å². The van der Waals surface area contributed by atoms with Crippen LogP contribution in [0.5, 0.6) is 0 Å². The Balaban J connectivity index is 1.94. The predicted molar refractivity (Wildman–Crippen MR) is 88.9 cm³/mol. The molecule has 0 aliphatic carbocycles. The molecular formula is C17H23BN2O2. The molecule has 1 unspecified atom stereocenters. The SMILES string of the molecule is Bc1ccc(C2CN(CC)C(=O)C23CCN(C=O)CC3)cc1. The number of hydrogen-bond donors (Lipinski definition) is 0. The van der Waals surface area contributed by atoms with Crippen molar-refractivity contribution in [1.29, 1.82) is 0 Å². The molecule has 1 aromatic rings. The molecule has 2 aliphatic heterocycles. The van der Waals surface area contributed by atoms with Crippen molar-refractivity contribution in [3.8, 4) is 0 Å². The first-order valence-corrected chi connectivity index (χ1v) is 8.16. The maximum atomic E-state index is 13.0. The maximum Gasteiger partial charge on any atom is 0.229 e. The number of rotatable bonds is 3. The first kappa shape index (κ1) is 15.1. The number of likely N-dealkylation sites (tertiary alicyclic amines) is 2. The van der Waals surface area contributed by atoms with Gasteiger partial charge in [0.1, 0.15) is 7.85 Å². The van der Waals surface area contributed by atoms with Gasteiger partial charge in [-0.15, -0.1) is 0 Å². The molecule has 0 radical (unpaired) electrons. The summed E-state index contributed by atoms with van der Waals surface area (Å²) in [5.74, 6) is 0.528. The van der Waals surface area contributed by atoms with Crippen molar-refractivity contribution in [2.24, 2.45) is 5.41 Å². The van der Waals surface area contributed by atoms with Gasteiger partial charge in [-0.3, -0.25) is 9.59 Å². The summed E-state index contributed by atoms with van der Waals surface area (Å²) >= 11 is 0. The number of amides is 2. The van der Waals surface area contributed by atoms with Crippen LogP contribution in [0.1, 0.15) is 31.2 Å². The van der Waals surface area contributed by atoms with Crippen molar-refractivity contribution < 1.29 is 9.59 Å². The minimum Gasteiger partial charge on any atom is -0.345 e. The normalized spacial score (nSPS) is 24.0. The average molecular weight is 298 g/mol. The Morgan fingerprint density at radius 3 is 2.45 bits per heavy atom. The van der Waals surface area contributed by atoms with Crippen molar-refractivity contribution in [3.63, 3.8) is 0 Å². The first-order chi connectivity index (χ1) is 10.6. The standard InChI is InChI=1S/C17H23BN2O2/c1-2-20-11-15(13-3-5-14(18)6-4-13)17(16(20)22)7-9-19(12-21)10-8-17/h3-6,12,15H,2,7-11,18H2,1H3. The molecule has 0 aromatic heterocycles. The Kier molecular flexibility index (Phi) is 3.98. The summed E-state index contributed by atoms with van der Waals surface area (Å²) in [4.78, 5) is 27.7. The number of likely N-dealkylation sites (N-methyl/N-ethyl adjacent to an activating group) is 1. The fraction of sp³-hybridized carbons (Fsp3) is 0.529. The van der Waals surface area contributed by atoms with Crippen LogP contribution in [0, 0.1) is 5.41 Å². The molecule has 0 saturated carbocycles. The van der Waals surface area contributed by atoms with Crippen molar-refractivity contribution in [2.75, 3.05) is 26.2 Å². The molecule has 2 aliphatic rings. The Morgan fingerprint density at radius 2 is 1.91 bits per heavy atom. The van der Waals surface area contributed by atoms with Crippen LogP contribution in [0.4, 0.5) is 0 Å². The quantitative estimate of drug-likeness (QED) is 0.588. The minimum atomic E-state index is -0.315. The minimum absolute atomic E-state index is 0.245. The van der Waals surface area contributed by atoms with Crippen LogP contribution >= 0.6 is 0 Å². The van der Waals surface area contributed by atoms with Crippen molar-refractivity contribution in [3.05, 3.63) is 29.8 Å². The van der Waals surface area contributed by atoms with E-state index in [0.29, 0.717) is 13.1 Å². The highest BCUT2D eigenvalue weighted by molar-refractivity contribution is 6.32. The molecule has 2 fully saturated rings. The molecule has 2 heterocycles. The summed E-state index contributed by atoms with van der Waals surface area (Å²) in [6.45, 7) is 4.99. The van der Waals surface area contributed by atoms with Crippen LogP contribution < -0.4 is 5.46 Å². The molecule has 1 spiro atoms. The van der Waals surface area contributed by atoms with Gasteiger partial charge in [0, 0.05) is 32.1 Å². The summed E-state index contributed by atoms with van der Waals surface area (Å²) in [6.07, 6.45) is 2.46. The lowest BCUT2D eigenvalue weighted by atomic mass is 9.67. The largest absolute Gasteiger partial charge is 0.345 e. The summed E-state index contributed by atoms with van der Waals surface area (Å²) in [5, 5.41) is 0. The van der Waals surface area contributed by atoms with E-state index in [1.165, 1.54) is 11.0 Å². The molecule has 5 heteroatoms. The number of benzene rings is 1. The van der Waals surface area contributed by atoms with Crippen LogP contribution in [0.2, 0.25) is 0 Å². The molecular weight excluding hydrogens is 275 g/mol. The van der Waals surface area contributed by atoms with Gasteiger partial charge in [0.25, 0.3) is 0 Å². The number of hydrogen-bond acceptors (Lipinski definition) is 2. The van der Waals surface area contributed by atoms with Gasteiger partial charge in [0.15, 0.2) is 0 Å². The van der Waals surface area contributed by atoms with E-state index in [9.17, 15) is 9.59 Å². The van der Waals surface area contributed by atoms with Gasteiger partial charge in [-0.1, -0.05) is 29.7 Å². The summed E-state index contributed by atoms with van der Waals surface area (Å²) < 4.78 is 0. The third kappa shape index (κ3) is 2.33. The highest BCUT2D eigenvalue weighted by Crippen LogP contribution is 2.50. The van der Waals surface area contributed by atoms with Crippen molar-refractivity contribution in [1.82, 2.24) is 9.80 Å². The van der Waals surface area contributed by atoms with Gasteiger partial charge in [0.2, 0.25) is 12.3 Å². The zero-order chi connectivity index (χ0) is 15.7. The second-order valence-corrected chi connectivity index (χ2v) is 6.60. The second kappa shape index (κ2) is 5.78. The van der Waals surface area contributed by atoms with E-state index in [2.05, 4.69) is 32.1 Å². The van der Waals surface area contributed by atoms with E-state index >= 15 is 0 Å². The molecule has 0 N–H and O–H groups in total. The second-order valence-electron chi connectivity index (χ2n) is 6.60. The van der Waals surface area contributed by atoms with Crippen LogP contribution in [-0.4, -0.2) is 56.1 Å². The van der Waals surface area contributed by atoms with Crippen LogP contribution in [0.3, 0.4) is 0 Å². The van der Waals surface area contributed by atoms with Gasteiger partial charge in [-0.25, -0.2) is 0 Å². The fourth-order valence-electron chi connectivity index (χ4n) is 4.03. The number of carbonyl (C=O) groups excluding carboxylic acids is 2. The Hall–Kier alpha value is -1.78. The highest BCUT2D eigenvalue weighted by atomic mass is 16.2. The number of nitrogens with zero attached hydrogens (tertiary/aromatic N) is 2. The monoisotopic (exact) mass is 298 g/mol. The van der Waals surface area contributed by atoms with Crippen molar-refractivity contribution in [2.45, 2.75) is 25.7 Å². The molecule has 116 valence electrons. The zero-order valence-corrected chi connectivity index (χ0v) is 13.4. The van der Waals surface area contributed by atoms with E-state index in [4.69, 9.17) is 0 Å². The van der Waals surface area contributed by atoms with Crippen LogP contribution in [0.25, 0.3) is 0 Å². The first-order valence-electron chi connectivity index (χ1n) is 8.16. The smallest absolute Gasteiger partial charge is 0.229 e. The summed E-state index contributed by atoms with van der Waals surface area (Å²) in [6, 6.07) is 8.59. The third-order valence-electron chi connectivity index (χ3n) is 5.48. The number of piperidine rings is 1. The van der Waals surface area contributed by atoms with Crippen LogP contribution in [-0.2, 0) is 9.59 Å². The van der Waals surface area contributed by atoms with E-state index < -0.39 is 0 Å². The lowest BCUT2D eigenvalue weighted by molar-refractivity contribution is -0.140. The molecule has 4 nitrogen and oxygen atoms in total. The average Bonchev–Trinajstić information content (AvgIpc) is 2.82.